The van der Waals surface area contributed by atoms with E-state index >= 15 is 0 Å². The number of nitrogens with zero attached hydrogens (tertiary/aromatic N) is 1. The van der Waals surface area contributed by atoms with E-state index in [0.717, 1.165) is 0 Å². The van der Waals surface area contributed by atoms with E-state index in [0.29, 0.717) is 14.8 Å². The smallest absolute Gasteiger partial charge is 0.326 e. The van der Waals surface area contributed by atoms with Gasteiger partial charge in [0.1, 0.15) is 10.4 Å². The number of thioether (sulfide) groups is 1. The van der Waals surface area contributed by atoms with E-state index in [1.54, 1.807) is 25.3 Å². The molecule has 0 aromatic heterocycles. The highest BCUT2D eigenvalue weighted by Crippen LogP contribution is 2.31. The molecule has 0 aliphatic carbocycles. The highest BCUT2D eigenvalue weighted by molar-refractivity contribution is 8.26. The summed E-state index contributed by atoms with van der Waals surface area (Å²) < 4.78 is 0.461. The fourth-order valence-electron chi connectivity index (χ4n) is 2.19. The van der Waals surface area contributed by atoms with Crippen LogP contribution in [0.3, 0.4) is 0 Å². The van der Waals surface area contributed by atoms with Gasteiger partial charge in [0.05, 0.1) is 4.91 Å². The average molecular weight is 408 g/mol. The van der Waals surface area contributed by atoms with Crippen molar-refractivity contribution < 1.29 is 29.4 Å². The second-order valence-corrected chi connectivity index (χ2v) is 7.34. The normalized spacial score (nSPS) is 16.5. The van der Waals surface area contributed by atoms with E-state index in [-0.39, 0.29) is 24.3 Å². The number of likely N-dealkylation sites (N-methyl/N-ethyl adjacent to an activating group) is 1. The maximum Gasteiger partial charge on any atom is 0.326 e. The van der Waals surface area contributed by atoms with Crippen LogP contribution in [0.15, 0.2) is 29.2 Å². The zero-order valence-corrected chi connectivity index (χ0v) is 15.8. The molecule has 10 heteroatoms. The summed E-state index contributed by atoms with van der Waals surface area (Å²) in [6.07, 6.45) is 1.07. The molecule has 3 N–H and O–H groups in total. The molecule has 1 aromatic rings. The lowest BCUT2D eigenvalue weighted by atomic mass is 10.1. The monoisotopic (exact) mass is 408 g/mol. The van der Waals surface area contributed by atoms with Crippen LogP contribution in [0.1, 0.15) is 28.8 Å². The number of carboxylic acid groups (broad SMARTS) is 2. The minimum atomic E-state index is -1.30. The molecular formula is C17H16N2O6S2. The number of carboxylic acids is 2. The van der Waals surface area contributed by atoms with Crippen molar-refractivity contribution in [3.8, 4) is 0 Å². The molecule has 1 aliphatic rings. The van der Waals surface area contributed by atoms with Crippen LogP contribution in [0.2, 0.25) is 0 Å². The van der Waals surface area contributed by atoms with E-state index in [2.05, 4.69) is 5.32 Å². The SMILES string of the molecule is CN1C(=O)/C(=C/c2ccc(C(=O)N[C@H](CCC(=O)O)C(=O)O)cc2)SC1=S. The van der Waals surface area contributed by atoms with Crippen molar-refractivity contribution in [2.75, 3.05) is 7.05 Å². The molecule has 0 radical (unpaired) electrons. The lowest BCUT2D eigenvalue weighted by Gasteiger charge is -2.13. The van der Waals surface area contributed by atoms with Crippen molar-refractivity contribution in [3.05, 3.63) is 40.3 Å². The molecule has 1 heterocycles. The Morgan fingerprint density at radius 3 is 2.37 bits per heavy atom. The summed E-state index contributed by atoms with van der Waals surface area (Å²) in [7, 11) is 1.59. The lowest BCUT2D eigenvalue weighted by Crippen LogP contribution is -2.41. The van der Waals surface area contributed by atoms with Gasteiger partial charge in [-0.05, 0) is 30.2 Å². The second kappa shape index (κ2) is 8.78. The number of benzene rings is 1. The highest BCUT2D eigenvalue weighted by atomic mass is 32.2. The summed E-state index contributed by atoms with van der Waals surface area (Å²) >= 11 is 6.24. The molecule has 0 bridgehead atoms. The summed E-state index contributed by atoms with van der Waals surface area (Å²) in [6, 6.07) is 4.92. The van der Waals surface area contributed by atoms with Crippen LogP contribution < -0.4 is 5.32 Å². The Morgan fingerprint density at radius 1 is 1.26 bits per heavy atom. The summed E-state index contributed by atoms with van der Waals surface area (Å²) in [4.78, 5) is 47.7. The van der Waals surface area contributed by atoms with Gasteiger partial charge in [-0.2, -0.15) is 0 Å². The van der Waals surface area contributed by atoms with Gasteiger partial charge in [0.15, 0.2) is 0 Å². The number of amides is 2. The largest absolute Gasteiger partial charge is 0.481 e. The van der Waals surface area contributed by atoms with E-state index in [9.17, 15) is 19.2 Å². The molecule has 2 rings (SSSR count). The molecule has 1 saturated heterocycles. The van der Waals surface area contributed by atoms with Crippen LogP contribution in [0.4, 0.5) is 0 Å². The Balaban J connectivity index is 2.06. The highest BCUT2D eigenvalue weighted by Gasteiger charge is 2.28. The topological polar surface area (TPSA) is 124 Å². The third-order valence-electron chi connectivity index (χ3n) is 3.71. The van der Waals surface area contributed by atoms with Gasteiger partial charge in [0, 0.05) is 19.0 Å². The lowest BCUT2D eigenvalue weighted by molar-refractivity contribution is -0.140. The number of hydrogen-bond acceptors (Lipinski definition) is 6. The van der Waals surface area contributed by atoms with E-state index in [1.807, 2.05) is 0 Å². The average Bonchev–Trinajstić information content (AvgIpc) is 2.85. The number of rotatable bonds is 7. The van der Waals surface area contributed by atoms with Crippen LogP contribution >= 0.6 is 24.0 Å². The number of carbonyl (C=O) groups is 4. The van der Waals surface area contributed by atoms with Crippen molar-refractivity contribution in [2.24, 2.45) is 0 Å². The van der Waals surface area contributed by atoms with Gasteiger partial charge < -0.3 is 15.5 Å². The van der Waals surface area contributed by atoms with Crippen LogP contribution in [-0.2, 0) is 14.4 Å². The Hall–Kier alpha value is -2.72. The minimum absolute atomic E-state index is 0.199. The first-order chi connectivity index (χ1) is 12.7. The molecule has 1 atom stereocenters. The van der Waals surface area contributed by atoms with Crippen LogP contribution in [0, 0.1) is 0 Å². The van der Waals surface area contributed by atoms with Gasteiger partial charge in [-0.3, -0.25) is 19.3 Å². The Labute approximate surface area is 164 Å². The number of thiocarbonyl (C=S) groups is 1. The first kappa shape index (κ1) is 20.6. The predicted octanol–water partition coefficient (Wildman–Crippen LogP) is 1.57. The molecule has 27 heavy (non-hydrogen) atoms. The first-order valence-corrected chi connectivity index (χ1v) is 8.98. The van der Waals surface area contributed by atoms with Crippen molar-refractivity contribution in [1.82, 2.24) is 10.2 Å². The summed E-state index contributed by atoms with van der Waals surface area (Å²) in [6.45, 7) is 0. The van der Waals surface area contributed by atoms with E-state index < -0.39 is 23.9 Å². The fraction of sp³-hybridized carbons (Fsp3) is 0.235. The summed E-state index contributed by atoms with van der Waals surface area (Å²) in [5.74, 6) is -3.27. The summed E-state index contributed by atoms with van der Waals surface area (Å²) in [5, 5.41) is 20.0. The van der Waals surface area contributed by atoms with Gasteiger partial charge >= 0.3 is 11.9 Å². The van der Waals surface area contributed by atoms with Crippen LogP contribution in [0.5, 0.6) is 0 Å². The number of hydrogen-bond donors (Lipinski definition) is 3. The first-order valence-electron chi connectivity index (χ1n) is 7.76. The Morgan fingerprint density at radius 2 is 1.89 bits per heavy atom. The molecule has 1 fully saturated rings. The fourth-order valence-corrected chi connectivity index (χ4v) is 3.37. The number of aliphatic carboxylic acids is 2. The van der Waals surface area contributed by atoms with Gasteiger partial charge in [-0.15, -0.1) is 0 Å². The van der Waals surface area contributed by atoms with Gasteiger partial charge in [-0.1, -0.05) is 36.1 Å². The molecular weight excluding hydrogens is 392 g/mol. The molecule has 0 spiro atoms. The zero-order valence-electron chi connectivity index (χ0n) is 14.2. The molecule has 1 aromatic carbocycles. The van der Waals surface area contributed by atoms with E-state index in [4.69, 9.17) is 22.4 Å². The van der Waals surface area contributed by atoms with Crippen molar-refractivity contribution in [3.63, 3.8) is 0 Å². The van der Waals surface area contributed by atoms with Crippen LogP contribution in [0.25, 0.3) is 6.08 Å². The zero-order chi connectivity index (χ0) is 20.1. The van der Waals surface area contributed by atoms with Gasteiger partial charge in [0.25, 0.3) is 11.8 Å². The number of nitrogens with one attached hydrogen (secondary N) is 1. The standard InChI is InChI=1S/C17H16N2O6S2/c1-19-15(23)12(27-17(19)26)8-9-2-4-10(5-3-9)14(22)18-11(16(24)25)6-7-13(20)21/h2-5,8,11H,6-7H2,1H3,(H,18,22)(H,20,21)(H,24,25)/b12-8-/t11-/m1/s1. The third-order valence-corrected chi connectivity index (χ3v) is 5.19. The minimum Gasteiger partial charge on any atom is -0.481 e. The van der Waals surface area contributed by atoms with Crippen molar-refractivity contribution >= 4 is 58.1 Å². The van der Waals surface area contributed by atoms with Crippen LogP contribution in [-0.4, -0.2) is 56.3 Å². The predicted molar refractivity (Wildman–Crippen MR) is 103 cm³/mol. The second-order valence-electron chi connectivity index (χ2n) is 5.66. The molecule has 8 nitrogen and oxygen atoms in total. The van der Waals surface area contributed by atoms with Crippen molar-refractivity contribution in [2.45, 2.75) is 18.9 Å². The third kappa shape index (κ3) is 5.38. The Bertz CT molecular complexity index is 834. The molecule has 0 saturated carbocycles. The molecule has 1 aliphatic heterocycles. The maximum atomic E-state index is 12.2. The van der Waals surface area contributed by atoms with Gasteiger partial charge in [0.2, 0.25) is 0 Å². The molecule has 2 amide bonds. The quantitative estimate of drug-likeness (QED) is 0.459. The number of carbonyl (C=O) groups excluding carboxylic acids is 2. The van der Waals surface area contributed by atoms with Crippen molar-refractivity contribution in [1.29, 1.82) is 0 Å². The molecule has 0 unspecified atom stereocenters. The van der Waals surface area contributed by atoms with E-state index in [1.165, 1.54) is 28.8 Å². The Kier molecular flexibility index (Phi) is 6.70. The van der Waals surface area contributed by atoms with Gasteiger partial charge in [-0.25, -0.2) is 4.79 Å². The maximum absolute atomic E-state index is 12.2. The molecule has 142 valence electrons. The summed E-state index contributed by atoms with van der Waals surface area (Å²) in [5.41, 5.74) is 0.901.